The van der Waals surface area contributed by atoms with Gasteiger partial charge < -0.3 is 0 Å². The van der Waals surface area contributed by atoms with Gasteiger partial charge in [-0.3, -0.25) is 20.2 Å². The van der Waals surface area contributed by atoms with E-state index >= 15 is 0 Å². The van der Waals surface area contributed by atoms with Crippen LogP contribution in [0.4, 0.5) is 10.8 Å². The van der Waals surface area contributed by atoms with E-state index in [9.17, 15) is 14.9 Å². The van der Waals surface area contributed by atoms with Crippen LogP contribution in [0.5, 0.6) is 0 Å². The highest BCUT2D eigenvalue weighted by Crippen LogP contribution is 2.27. The minimum Gasteiger partial charge on any atom is -0.298 e. The molecule has 0 bridgehead atoms. The maximum Gasteiger partial charge on any atom is 0.269 e. The normalized spacial score (nSPS) is 10.5. The Morgan fingerprint density at radius 1 is 1.16 bits per heavy atom. The largest absolute Gasteiger partial charge is 0.298 e. The molecule has 1 N–H and O–H groups in total. The van der Waals surface area contributed by atoms with E-state index in [2.05, 4.69) is 10.3 Å². The Balaban J connectivity index is 1.77. The third-order valence-electron chi connectivity index (χ3n) is 3.73. The monoisotopic (exact) mass is 353 g/mol. The number of non-ortho nitro benzene ring substituents is 1. The summed E-state index contributed by atoms with van der Waals surface area (Å²) in [6.45, 7) is 3.87. The lowest BCUT2D eigenvalue weighted by Gasteiger charge is -2.06. The van der Waals surface area contributed by atoms with Crippen LogP contribution in [0, 0.1) is 24.0 Å². The van der Waals surface area contributed by atoms with E-state index in [-0.39, 0.29) is 11.6 Å². The van der Waals surface area contributed by atoms with Gasteiger partial charge in [0, 0.05) is 28.6 Å². The Hall–Kier alpha value is -3.06. The fourth-order valence-corrected chi connectivity index (χ4v) is 3.17. The van der Waals surface area contributed by atoms with Gasteiger partial charge in [-0.25, -0.2) is 4.98 Å². The van der Waals surface area contributed by atoms with Crippen LogP contribution in [0.25, 0.3) is 11.3 Å². The van der Waals surface area contributed by atoms with Gasteiger partial charge in [0.15, 0.2) is 5.13 Å². The number of amides is 1. The zero-order valence-corrected chi connectivity index (χ0v) is 14.5. The predicted octanol–water partition coefficient (Wildman–Crippen LogP) is 4.59. The summed E-state index contributed by atoms with van der Waals surface area (Å²) in [5.74, 6) is -0.206. The highest BCUT2D eigenvalue weighted by Gasteiger charge is 2.13. The molecular formula is C18H15N3O3S. The van der Waals surface area contributed by atoms with Gasteiger partial charge in [0.2, 0.25) is 0 Å². The van der Waals surface area contributed by atoms with Crippen LogP contribution >= 0.6 is 11.3 Å². The van der Waals surface area contributed by atoms with E-state index in [0.717, 1.165) is 16.7 Å². The zero-order chi connectivity index (χ0) is 18.0. The number of thiazole rings is 1. The number of nitrogens with one attached hydrogen (secondary N) is 1. The fourth-order valence-electron chi connectivity index (χ4n) is 2.45. The van der Waals surface area contributed by atoms with E-state index < -0.39 is 4.92 Å². The number of aryl methyl sites for hydroxylation is 2. The average molecular weight is 353 g/mol. The van der Waals surface area contributed by atoms with Crippen LogP contribution in [0.3, 0.4) is 0 Å². The van der Waals surface area contributed by atoms with E-state index in [1.165, 1.54) is 23.5 Å². The molecule has 1 heterocycles. The van der Waals surface area contributed by atoms with E-state index in [1.807, 2.05) is 26.0 Å². The number of nitro groups is 1. The quantitative estimate of drug-likeness (QED) is 0.549. The lowest BCUT2D eigenvalue weighted by atomic mass is 10.1. The molecule has 0 atom stereocenters. The first-order valence-electron chi connectivity index (χ1n) is 7.53. The molecular weight excluding hydrogens is 338 g/mol. The molecule has 0 saturated heterocycles. The van der Waals surface area contributed by atoms with Crippen molar-refractivity contribution in [2.24, 2.45) is 0 Å². The summed E-state index contributed by atoms with van der Waals surface area (Å²) in [4.78, 5) is 27.0. The van der Waals surface area contributed by atoms with Crippen molar-refractivity contribution in [2.45, 2.75) is 13.8 Å². The van der Waals surface area contributed by atoms with E-state index in [1.54, 1.807) is 23.6 Å². The summed E-state index contributed by atoms with van der Waals surface area (Å²) in [5.41, 5.74) is 4.07. The first-order valence-corrected chi connectivity index (χ1v) is 8.41. The molecule has 3 aromatic rings. The maximum absolute atomic E-state index is 12.4. The van der Waals surface area contributed by atoms with Gasteiger partial charge in [-0.2, -0.15) is 0 Å². The average Bonchev–Trinajstić information content (AvgIpc) is 3.03. The molecule has 126 valence electrons. The SMILES string of the molecule is Cc1ccc(C(=O)Nc2nc(-c3ccc([N+](=O)[O-])cc3)cs2)c(C)c1. The number of hydrogen-bond donors (Lipinski definition) is 1. The highest BCUT2D eigenvalue weighted by atomic mass is 32.1. The van der Waals surface area contributed by atoms with Crippen molar-refractivity contribution in [2.75, 3.05) is 5.32 Å². The van der Waals surface area contributed by atoms with Gasteiger partial charge in [0.1, 0.15) is 0 Å². The molecule has 1 aromatic heterocycles. The first kappa shape index (κ1) is 16.8. The van der Waals surface area contributed by atoms with Crippen LogP contribution in [0.2, 0.25) is 0 Å². The maximum atomic E-state index is 12.4. The van der Waals surface area contributed by atoms with Crippen molar-refractivity contribution in [3.05, 3.63) is 74.6 Å². The van der Waals surface area contributed by atoms with Gasteiger partial charge in [0.25, 0.3) is 11.6 Å². The van der Waals surface area contributed by atoms with Crippen molar-refractivity contribution >= 4 is 28.1 Å². The van der Waals surface area contributed by atoms with Gasteiger partial charge in [0.05, 0.1) is 10.6 Å². The third-order valence-corrected chi connectivity index (χ3v) is 4.48. The minimum atomic E-state index is -0.444. The van der Waals surface area contributed by atoms with Crippen molar-refractivity contribution in [1.82, 2.24) is 4.98 Å². The second-order valence-electron chi connectivity index (χ2n) is 5.61. The number of nitrogens with zero attached hydrogens (tertiary/aromatic N) is 2. The molecule has 6 nitrogen and oxygen atoms in total. The van der Waals surface area contributed by atoms with Crippen molar-refractivity contribution in [3.63, 3.8) is 0 Å². The molecule has 0 aliphatic rings. The Labute approximate surface area is 148 Å². The van der Waals surface area contributed by atoms with Crippen LogP contribution in [-0.2, 0) is 0 Å². The predicted molar refractivity (Wildman–Crippen MR) is 98.1 cm³/mol. The standard InChI is InChI=1S/C18H15N3O3S/c1-11-3-8-15(12(2)9-11)17(22)20-18-19-16(10-25-18)13-4-6-14(7-5-13)21(23)24/h3-10H,1-2H3,(H,19,20,22). The summed E-state index contributed by atoms with van der Waals surface area (Å²) in [5, 5.41) is 15.8. The number of hydrogen-bond acceptors (Lipinski definition) is 5. The number of aromatic nitrogens is 1. The lowest BCUT2D eigenvalue weighted by Crippen LogP contribution is -2.13. The number of nitro benzene ring substituents is 1. The summed E-state index contributed by atoms with van der Waals surface area (Å²) in [6.07, 6.45) is 0. The summed E-state index contributed by atoms with van der Waals surface area (Å²) in [7, 11) is 0. The van der Waals surface area contributed by atoms with Gasteiger partial charge in [-0.1, -0.05) is 17.7 Å². The first-order chi connectivity index (χ1) is 11.9. The molecule has 1 amide bonds. The second-order valence-corrected chi connectivity index (χ2v) is 6.47. The number of carbonyl (C=O) groups excluding carboxylic acids is 1. The molecule has 0 radical (unpaired) electrons. The highest BCUT2D eigenvalue weighted by molar-refractivity contribution is 7.14. The fraction of sp³-hybridized carbons (Fsp3) is 0.111. The molecule has 3 rings (SSSR count). The van der Waals surface area contributed by atoms with Gasteiger partial charge in [-0.15, -0.1) is 11.3 Å². The second kappa shape index (κ2) is 6.82. The Morgan fingerprint density at radius 3 is 2.52 bits per heavy atom. The number of anilines is 1. The van der Waals surface area contributed by atoms with E-state index in [4.69, 9.17) is 0 Å². The molecule has 0 unspecified atom stereocenters. The van der Waals surface area contributed by atoms with Gasteiger partial charge in [-0.05, 0) is 37.6 Å². The van der Waals surface area contributed by atoms with Crippen LogP contribution in [0.1, 0.15) is 21.5 Å². The zero-order valence-electron chi connectivity index (χ0n) is 13.6. The van der Waals surface area contributed by atoms with Crippen LogP contribution < -0.4 is 5.32 Å². The molecule has 0 saturated carbocycles. The van der Waals surface area contributed by atoms with Crippen LogP contribution in [0.15, 0.2) is 47.8 Å². The van der Waals surface area contributed by atoms with Gasteiger partial charge >= 0.3 is 0 Å². The van der Waals surface area contributed by atoms with Crippen molar-refractivity contribution in [1.29, 1.82) is 0 Å². The molecule has 0 aliphatic carbocycles. The Kier molecular flexibility index (Phi) is 4.58. The van der Waals surface area contributed by atoms with E-state index in [0.29, 0.717) is 16.4 Å². The lowest BCUT2D eigenvalue weighted by molar-refractivity contribution is -0.384. The molecule has 0 spiro atoms. The third kappa shape index (κ3) is 3.72. The van der Waals surface area contributed by atoms with Crippen molar-refractivity contribution in [3.8, 4) is 11.3 Å². The molecule has 0 fully saturated rings. The Morgan fingerprint density at radius 2 is 1.88 bits per heavy atom. The summed E-state index contributed by atoms with van der Waals surface area (Å²) < 4.78 is 0. The topological polar surface area (TPSA) is 85.1 Å². The molecule has 2 aromatic carbocycles. The number of carbonyl (C=O) groups is 1. The summed E-state index contributed by atoms with van der Waals surface area (Å²) in [6, 6.07) is 11.8. The van der Waals surface area contributed by atoms with Crippen LogP contribution in [-0.4, -0.2) is 15.8 Å². The molecule has 7 heteroatoms. The minimum absolute atomic E-state index is 0.0300. The van der Waals surface area contributed by atoms with Crippen molar-refractivity contribution < 1.29 is 9.72 Å². The summed E-state index contributed by atoms with van der Waals surface area (Å²) >= 11 is 1.31. The number of rotatable bonds is 4. The Bertz CT molecular complexity index is 948. The smallest absolute Gasteiger partial charge is 0.269 e. The molecule has 0 aliphatic heterocycles. The number of benzene rings is 2. The molecule has 25 heavy (non-hydrogen) atoms.